The summed E-state index contributed by atoms with van der Waals surface area (Å²) in [5, 5.41) is 7.93. The third-order valence-electron chi connectivity index (χ3n) is 6.53. The largest absolute Gasteiger partial charge is 0.489 e. The van der Waals surface area contributed by atoms with E-state index in [1.165, 1.54) is 0 Å². The average Bonchev–Trinajstić information content (AvgIpc) is 3.53. The van der Waals surface area contributed by atoms with Crippen molar-refractivity contribution in [2.75, 3.05) is 26.9 Å². The Bertz CT molecular complexity index is 1260. The maximum absolute atomic E-state index is 12.9. The Morgan fingerprint density at radius 1 is 1.27 bits per heavy atom. The normalized spacial score (nSPS) is 18.9. The Kier molecular flexibility index (Phi) is 7.57. The average molecular weight is 526 g/mol. The van der Waals surface area contributed by atoms with Crippen LogP contribution in [0.5, 0.6) is 5.75 Å². The lowest BCUT2D eigenvalue weighted by molar-refractivity contribution is 0.0915. The first-order valence-corrected chi connectivity index (χ1v) is 12.5. The minimum atomic E-state index is -0.313. The van der Waals surface area contributed by atoms with Crippen molar-refractivity contribution < 1.29 is 23.8 Å². The van der Waals surface area contributed by atoms with Gasteiger partial charge in [0.15, 0.2) is 0 Å². The fourth-order valence-corrected chi connectivity index (χ4v) is 4.64. The second kappa shape index (κ2) is 11.2. The summed E-state index contributed by atoms with van der Waals surface area (Å²) >= 11 is 5.95. The van der Waals surface area contributed by atoms with Gasteiger partial charge >= 0.3 is 6.09 Å². The van der Waals surface area contributed by atoms with E-state index in [-0.39, 0.29) is 29.8 Å². The molecule has 2 aliphatic heterocycles. The summed E-state index contributed by atoms with van der Waals surface area (Å²) in [4.78, 5) is 31.0. The number of carbonyl (C=O) groups excluding carboxylic acids is 2. The quantitative estimate of drug-likeness (QED) is 0.455. The number of benzene rings is 1. The zero-order valence-electron chi connectivity index (χ0n) is 20.4. The zero-order chi connectivity index (χ0) is 25.8. The number of pyridine rings is 1. The van der Waals surface area contributed by atoms with Crippen LogP contribution in [0.4, 0.5) is 4.79 Å². The Hall–Kier alpha value is -3.63. The number of methoxy groups -OCH3 is 1. The number of hydrogen-bond donors (Lipinski definition) is 1. The van der Waals surface area contributed by atoms with Crippen LogP contribution in [-0.4, -0.2) is 70.7 Å². The van der Waals surface area contributed by atoms with E-state index in [9.17, 15) is 9.59 Å². The highest BCUT2D eigenvalue weighted by molar-refractivity contribution is 6.30. The van der Waals surface area contributed by atoms with Crippen molar-refractivity contribution in [1.82, 2.24) is 25.0 Å². The van der Waals surface area contributed by atoms with Gasteiger partial charge in [-0.25, -0.2) is 4.79 Å². The molecule has 0 unspecified atom stereocenters. The lowest BCUT2D eigenvalue weighted by atomic mass is 10.0. The summed E-state index contributed by atoms with van der Waals surface area (Å²) in [5.41, 5.74) is 2.73. The van der Waals surface area contributed by atoms with Gasteiger partial charge in [-0.3, -0.25) is 14.5 Å². The molecule has 0 bridgehead atoms. The third kappa shape index (κ3) is 5.86. The van der Waals surface area contributed by atoms with Crippen LogP contribution in [0.1, 0.15) is 28.9 Å². The summed E-state index contributed by atoms with van der Waals surface area (Å²) in [6.07, 6.45) is 6.20. The molecule has 2 fully saturated rings. The first kappa shape index (κ1) is 25.0. The van der Waals surface area contributed by atoms with Crippen molar-refractivity contribution in [2.24, 2.45) is 0 Å². The molecule has 2 aliphatic rings. The number of nitrogens with zero attached hydrogens (tertiary/aromatic N) is 4. The van der Waals surface area contributed by atoms with Crippen molar-refractivity contribution in [3.8, 4) is 16.9 Å². The first-order valence-electron chi connectivity index (χ1n) is 12.1. The maximum atomic E-state index is 12.9. The highest BCUT2D eigenvalue weighted by Gasteiger charge is 2.39. The molecule has 10 nitrogen and oxygen atoms in total. The smallest absolute Gasteiger partial charge is 0.410 e. The van der Waals surface area contributed by atoms with Crippen LogP contribution in [0.2, 0.25) is 5.02 Å². The highest BCUT2D eigenvalue weighted by Crippen LogP contribution is 2.33. The summed E-state index contributed by atoms with van der Waals surface area (Å²) in [6.45, 7) is 2.43. The van der Waals surface area contributed by atoms with E-state index in [1.807, 2.05) is 18.3 Å². The number of ether oxygens (including phenoxy) is 3. The summed E-state index contributed by atoms with van der Waals surface area (Å²) in [6, 6.07) is 8.95. The Labute approximate surface area is 219 Å². The van der Waals surface area contributed by atoms with Crippen molar-refractivity contribution in [2.45, 2.75) is 38.1 Å². The number of cyclic esters (lactones) is 1. The van der Waals surface area contributed by atoms with Crippen LogP contribution in [-0.2, 0) is 22.6 Å². The lowest BCUT2D eigenvalue weighted by Crippen LogP contribution is -2.44. The molecule has 0 radical (unpaired) electrons. The number of aromatic nitrogens is 3. The number of fused-ring (bicyclic) bond motifs is 1. The number of piperidine rings is 1. The molecule has 4 heterocycles. The van der Waals surface area contributed by atoms with Crippen molar-refractivity contribution in [3.05, 3.63) is 65.2 Å². The number of carbonyl (C=O) groups is 2. The molecular formula is C26H28ClN5O5. The minimum absolute atomic E-state index is 0.00419. The topological polar surface area (TPSA) is 108 Å². The van der Waals surface area contributed by atoms with Gasteiger partial charge in [0.2, 0.25) is 0 Å². The molecule has 0 saturated carbocycles. The van der Waals surface area contributed by atoms with Crippen molar-refractivity contribution >= 4 is 23.6 Å². The molecule has 194 valence electrons. The molecule has 3 aromatic rings. The molecule has 11 heteroatoms. The van der Waals surface area contributed by atoms with E-state index in [4.69, 9.17) is 25.8 Å². The van der Waals surface area contributed by atoms with Crippen molar-refractivity contribution in [1.29, 1.82) is 0 Å². The summed E-state index contributed by atoms with van der Waals surface area (Å²) in [5.74, 6) is 0.230. The molecule has 2 atom stereocenters. The number of halogens is 1. The molecule has 5 rings (SSSR count). The number of amides is 2. The van der Waals surface area contributed by atoms with Gasteiger partial charge in [0.05, 0.1) is 25.4 Å². The Morgan fingerprint density at radius 3 is 2.92 bits per heavy atom. The fraction of sp³-hybridized carbons (Fsp3) is 0.385. The Balaban J connectivity index is 1.36. The molecule has 37 heavy (non-hydrogen) atoms. The second-order valence-electron chi connectivity index (χ2n) is 9.05. The molecule has 1 N–H and O–H groups in total. The van der Waals surface area contributed by atoms with Gasteiger partial charge in [0.1, 0.15) is 24.2 Å². The van der Waals surface area contributed by atoms with Crippen LogP contribution in [0.25, 0.3) is 11.1 Å². The number of hydrogen-bond acceptors (Lipinski definition) is 7. The standard InChI is InChI=1S/C26H28ClN5O5/c1-35-9-8-31-15-18(13-30-31)22-14-28-23(25(33)29-12-17-2-4-19(27)5-3-17)11-24(22)37-21-6-7-32-20(10-21)16-36-26(32)34/h2-5,11,13-15,20-21H,6-10,12,16H2,1H3,(H,29,33)/t20-,21-/m0/s1. The van der Waals surface area contributed by atoms with Gasteiger partial charge in [-0.2, -0.15) is 5.10 Å². The van der Waals surface area contributed by atoms with Crippen LogP contribution in [0, 0.1) is 0 Å². The summed E-state index contributed by atoms with van der Waals surface area (Å²) < 4.78 is 18.6. The minimum Gasteiger partial charge on any atom is -0.489 e. The van der Waals surface area contributed by atoms with Crippen LogP contribution in [0.3, 0.4) is 0 Å². The molecular weight excluding hydrogens is 498 g/mol. The van der Waals surface area contributed by atoms with Gasteiger partial charge in [0, 0.05) is 67.7 Å². The fourth-order valence-electron chi connectivity index (χ4n) is 4.51. The molecule has 2 aromatic heterocycles. The molecule has 2 saturated heterocycles. The Morgan fingerprint density at radius 2 is 2.11 bits per heavy atom. The molecule has 0 spiro atoms. The maximum Gasteiger partial charge on any atom is 0.410 e. The van der Waals surface area contributed by atoms with E-state index in [1.54, 1.807) is 47.3 Å². The van der Waals surface area contributed by atoms with Gasteiger partial charge in [0.25, 0.3) is 5.91 Å². The van der Waals surface area contributed by atoms with Gasteiger partial charge in [-0.1, -0.05) is 23.7 Å². The number of rotatable bonds is 9. The van der Waals surface area contributed by atoms with Gasteiger partial charge < -0.3 is 24.4 Å². The van der Waals surface area contributed by atoms with Gasteiger partial charge in [-0.15, -0.1) is 0 Å². The van der Waals surface area contributed by atoms with E-state index in [0.717, 1.165) is 16.7 Å². The van der Waals surface area contributed by atoms with E-state index in [0.29, 0.717) is 56.5 Å². The monoisotopic (exact) mass is 525 g/mol. The predicted molar refractivity (Wildman–Crippen MR) is 135 cm³/mol. The summed E-state index contributed by atoms with van der Waals surface area (Å²) in [7, 11) is 1.64. The zero-order valence-corrected chi connectivity index (χ0v) is 21.2. The first-order chi connectivity index (χ1) is 18.0. The van der Waals surface area contributed by atoms with E-state index >= 15 is 0 Å². The van der Waals surface area contributed by atoms with Crippen LogP contribution < -0.4 is 10.1 Å². The highest BCUT2D eigenvalue weighted by atomic mass is 35.5. The van der Waals surface area contributed by atoms with E-state index in [2.05, 4.69) is 15.4 Å². The molecule has 2 amide bonds. The van der Waals surface area contributed by atoms with E-state index < -0.39 is 0 Å². The predicted octanol–water partition coefficient (Wildman–Crippen LogP) is 3.54. The molecule has 0 aliphatic carbocycles. The second-order valence-corrected chi connectivity index (χ2v) is 9.48. The van der Waals surface area contributed by atoms with Gasteiger partial charge in [-0.05, 0) is 17.7 Å². The van der Waals surface area contributed by atoms with Crippen LogP contribution in [0.15, 0.2) is 48.9 Å². The van der Waals surface area contributed by atoms with Crippen LogP contribution >= 0.6 is 11.6 Å². The van der Waals surface area contributed by atoms with Crippen molar-refractivity contribution in [3.63, 3.8) is 0 Å². The molecule has 1 aromatic carbocycles. The lowest BCUT2D eigenvalue weighted by Gasteiger charge is -2.32. The SMILES string of the molecule is COCCn1cc(-c2cnc(C(=O)NCc3ccc(Cl)cc3)cc2O[C@H]2CCN3C(=O)OC[C@@H]3C2)cn1. The number of nitrogens with one attached hydrogen (secondary N) is 1. The third-order valence-corrected chi connectivity index (χ3v) is 6.78.